The zero-order chi connectivity index (χ0) is 17.8. The van der Waals surface area contributed by atoms with E-state index in [0.29, 0.717) is 10.8 Å². The number of halogens is 2. The van der Waals surface area contributed by atoms with Crippen LogP contribution in [0.4, 0.5) is 4.39 Å². The summed E-state index contributed by atoms with van der Waals surface area (Å²) in [7, 11) is 3.23. The molecule has 1 saturated heterocycles. The number of piperazine rings is 1. The van der Waals surface area contributed by atoms with E-state index in [0.717, 1.165) is 43.1 Å². The van der Waals surface area contributed by atoms with Gasteiger partial charge in [0.15, 0.2) is 0 Å². The Bertz CT molecular complexity index is 682. The molecule has 6 heteroatoms. The minimum absolute atomic E-state index is 0.207. The molecule has 0 radical (unpaired) electrons. The normalized spacial score (nSPS) is 16.5. The van der Waals surface area contributed by atoms with Crippen LogP contribution in [-0.2, 0) is 0 Å². The molecule has 1 heterocycles. The maximum atomic E-state index is 14.0. The fraction of sp³-hybridized carbons (Fsp3) is 0.368. The number of hydrogen-bond acceptors (Lipinski definition) is 4. The fourth-order valence-electron chi connectivity index (χ4n) is 3.34. The number of nitrogens with one attached hydrogen (secondary N) is 1. The second-order valence-electron chi connectivity index (χ2n) is 5.96. The van der Waals surface area contributed by atoms with Crippen molar-refractivity contribution in [3.8, 4) is 11.5 Å². The van der Waals surface area contributed by atoms with Gasteiger partial charge in [0.05, 0.1) is 20.3 Å². The van der Waals surface area contributed by atoms with Crippen molar-refractivity contribution in [2.75, 3.05) is 40.4 Å². The monoisotopic (exact) mass is 364 g/mol. The first kappa shape index (κ1) is 18.0. The van der Waals surface area contributed by atoms with Gasteiger partial charge in [0.1, 0.15) is 17.3 Å². The fourth-order valence-corrected chi connectivity index (χ4v) is 3.52. The Kier molecular flexibility index (Phi) is 5.78. The first-order chi connectivity index (χ1) is 12.1. The first-order valence-electron chi connectivity index (χ1n) is 8.25. The summed E-state index contributed by atoms with van der Waals surface area (Å²) >= 11 is 6.26. The molecule has 1 atom stereocenters. The van der Waals surface area contributed by atoms with Crippen molar-refractivity contribution >= 4 is 11.6 Å². The van der Waals surface area contributed by atoms with Crippen LogP contribution in [0.25, 0.3) is 0 Å². The highest BCUT2D eigenvalue weighted by molar-refractivity contribution is 6.30. The average Bonchev–Trinajstić information content (AvgIpc) is 2.63. The van der Waals surface area contributed by atoms with Crippen molar-refractivity contribution in [3.63, 3.8) is 0 Å². The zero-order valence-corrected chi connectivity index (χ0v) is 15.1. The molecule has 0 aliphatic carbocycles. The number of benzene rings is 2. The maximum Gasteiger partial charge on any atom is 0.124 e. The molecule has 1 fully saturated rings. The Morgan fingerprint density at radius 2 is 1.60 bits per heavy atom. The summed E-state index contributed by atoms with van der Waals surface area (Å²) in [4.78, 5) is 2.29. The largest absolute Gasteiger partial charge is 0.496 e. The summed E-state index contributed by atoms with van der Waals surface area (Å²) in [5.41, 5.74) is 1.67. The molecule has 1 aliphatic rings. The Balaban J connectivity index is 2.17. The summed E-state index contributed by atoms with van der Waals surface area (Å²) < 4.78 is 25.1. The molecule has 0 saturated carbocycles. The molecule has 1 aliphatic heterocycles. The predicted octanol–water partition coefficient (Wildman–Crippen LogP) is 3.49. The Hall–Kier alpha value is -1.82. The third-order valence-electron chi connectivity index (χ3n) is 4.49. The maximum absolute atomic E-state index is 14.0. The second-order valence-corrected chi connectivity index (χ2v) is 6.40. The van der Waals surface area contributed by atoms with Gasteiger partial charge in [0.25, 0.3) is 0 Å². The van der Waals surface area contributed by atoms with Crippen molar-refractivity contribution in [2.24, 2.45) is 0 Å². The first-order valence-corrected chi connectivity index (χ1v) is 8.63. The number of hydrogen-bond donors (Lipinski definition) is 1. The van der Waals surface area contributed by atoms with Crippen LogP contribution >= 0.6 is 11.6 Å². The molecule has 0 spiro atoms. The van der Waals surface area contributed by atoms with Crippen LogP contribution in [0.1, 0.15) is 17.2 Å². The van der Waals surface area contributed by atoms with Gasteiger partial charge in [-0.05, 0) is 36.4 Å². The van der Waals surface area contributed by atoms with Gasteiger partial charge >= 0.3 is 0 Å². The topological polar surface area (TPSA) is 33.7 Å². The van der Waals surface area contributed by atoms with Gasteiger partial charge in [-0.25, -0.2) is 4.39 Å². The number of rotatable bonds is 5. The van der Waals surface area contributed by atoms with E-state index < -0.39 is 0 Å². The molecule has 134 valence electrons. The Labute approximate surface area is 152 Å². The van der Waals surface area contributed by atoms with E-state index in [1.807, 2.05) is 12.1 Å². The van der Waals surface area contributed by atoms with Crippen LogP contribution in [0.3, 0.4) is 0 Å². The Morgan fingerprint density at radius 1 is 1.00 bits per heavy atom. The molecular formula is C19H22ClFN2O2. The molecular weight excluding hydrogens is 343 g/mol. The smallest absolute Gasteiger partial charge is 0.124 e. The van der Waals surface area contributed by atoms with Gasteiger partial charge < -0.3 is 14.8 Å². The van der Waals surface area contributed by atoms with Crippen LogP contribution in [0.15, 0.2) is 36.4 Å². The second kappa shape index (κ2) is 8.04. The van der Waals surface area contributed by atoms with Crippen LogP contribution in [0.2, 0.25) is 5.02 Å². The zero-order valence-electron chi connectivity index (χ0n) is 14.4. The third-order valence-corrected chi connectivity index (χ3v) is 4.72. The van der Waals surface area contributed by atoms with E-state index in [1.54, 1.807) is 26.4 Å². The molecule has 0 aromatic heterocycles. The highest BCUT2D eigenvalue weighted by Crippen LogP contribution is 2.40. The summed E-state index contributed by atoms with van der Waals surface area (Å²) in [6, 6.07) is 9.92. The van der Waals surface area contributed by atoms with Crippen LogP contribution in [-0.4, -0.2) is 45.3 Å². The standard InChI is InChI=1S/C19H22ClFN2O2/c1-24-17-5-3-13(20)11-15(17)19(23-9-7-22-8-10-23)16-12-14(21)4-6-18(16)25-2/h3-6,11-12,19,22H,7-10H2,1-2H3. The van der Waals surface area contributed by atoms with Crippen LogP contribution in [0.5, 0.6) is 11.5 Å². The average molecular weight is 365 g/mol. The van der Waals surface area contributed by atoms with E-state index >= 15 is 0 Å². The van der Waals surface area contributed by atoms with Gasteiger partial charge in [0.2, 0.25) is 0 Å². The highest BCUT2D eigenvalue weighted by Gasteiger charge is 2.29. The lowest BCUT2D eigenvalue weighted by atomic mass is 9.94. The number of ether oxygens (including phenoxy) is 2. The van der Waals surface area contributed by atoms with E-state index in [2.05, 4.69) is 10.2 Å². The van der Waals surface area contributed by atoms with Gasteiger partial charge in [-0.15, -0.1) is 0 Å². The third kappa shape index (κ3) is 3.89. The summed E-state index contributed by atoms with van der Waals surface area (Å²) in [6.45, 7) is 3.41. The number of nitrogens with zero attached hydrogens (tertiary/aromatic N) is 1. The summed E-state index contributed by atoms with van der Waals surface area (Å²) in [5, 5.41) is 3.97. The number of methoxy groups -OCH3 is 2. The summed E-state index contributed by atoms with van der Waals surface area (Å²) in [6.07, 6.45) is 0. The predicted molar refractivity (Wildman–Crippen MR) is 97.2 cm³/mol. The van der Waals surface area contributed by atoms with Gasteiger partial charge in [-0.3, -0.25) is 4.90 Å². The van der Waals surface area contributed by atoms with E-state index in [4.69, 9.17) is 21.1 Å². The van der Waals surface area contributed by atoms with Gasteiger partial charge in [0, 0.05) is 42.3 Å². The lowest BCUT2D eigenvalue weighted by Gasteiger charge is -2.36. The molecule has 2 aromatic carbocycles. The van der Waals surface area contributed by atoms with Crippen molar-refractivity contribution in [1.29, 1.82) is 0 Å². The lowest BCUT2D eigenvalue weighted by Crippen LogP contribution is -2.45. The lowest BCUT2D eigenvalue weighted by molar-refractivity contribution is 0.192. The molecule has 0 bridgehead atoms. The molecule has 1 N–H and O–H groups in total. The highest BCUT2D eigenvalue weighted by atomic mass is 35.5. The minimum atomic E-state index is -0.295. The summed E-state index contributed by atoms with van der Waals surface area (Å²) in [5.74, 6) is 1.07. The van der Waals surface area contributed by atoms with Gasteiger partial charge in [-0.2, -0.15) is 0 Å². The van der Waals surface area contributed by atoms with Gasteiger partial charge in [-0.1, -0.05) is 11.6 Å². The SMILES string of the molecule is COc1ccc(F)cc1C(c1cc(Cl)ccc1OC)N1CCNCC1. The molecule has 0 amide bonds. The quantitative estimate of drug-likeness (QED) is 0.880. The molecule has 2 aromatic rings. The Morgan fingerprint density at radius 3 is 2.24 bits per heavy atom. The van der Waals surface area contributed by atoms with Crippen molar-refractivity contribution < 1.29 is 13.9 Å². The van der Waals surface area contributed by atoms with Crippen LogP contribution < -0.4 is 14.8 Å². The van der Waals surface area contributed by atoms with E-state index in [1.165, 1.54) is 12.1 Å². The van der Waals surface area contributed by atoms with Crippen molar-refractivity contribution in [2.45, 2.75) is 6.04 Å². The molecule has 4 nitrogen and oxygen atoms in total. The van der Waals surface area contributed by atoms with E-state index in [9.17, 15) is 4.39 Å². The van der Waals surface area contributed by atoms with Crippen molar-refractivity contribution in [1.82, 2.24) is 10.2 Å². The minimum Gasteiger partial charge on any atom is -0.496 e. The molecule has 1 unspecified atom stereocenters. The van der Waals surface area contributed by atoms with Crippen LogP contribution in [0, 0.1) is 5.82 Å². The molecule has 3 rings (SSSR count). The van der Waals surface area contributed by atoms with Crippen molar-refractivity contribution in [3.05, 3.63) is 58.4 Å². The van der Waals surface area contributed by atoms with E-state index in [-0.39, 0.29) is 11.9 Å². The molecule has 25 heavy (non-hydrogen) atoms.